The van der Waals surface area contributed by atoms with Gasteiger partial charge in [0.1, 0.15) is 5.75 Å². The molecule has 1 saturated heterocycles. The largest absolute Gasteiger partial charge is 0.496 e. The molecule has 2 rings (SSSR count). The highest BCUT2D eigenvalue weighted by molar-refractivity contribution is 5.32. The Balaban J connectivity index is 1.81. The van der Waals surface area contributed by atoms with Crippen molar-refractivity contribution in [1.29, 1.82) is 0 Å². The fourth-order valence-electron chi connectivity index (χ4n) is 2.29. The van der Waals surface area contributed by atoms with E-state index in [2.05, 4.69) is 18.3 Å². The molecule has 1 aromatic carbocycles. The van der Waals surface area contributed by atoms with E-state index in [1.165, 1.54) is 12.0 Å². The van der Waals surface area contributed by atoms with Crippen molar-refractivity contribution in [3.05, 3.63) is 29.8 Å². The summed E-state index contributed by atoms with van der Waals surface area (Å²) in [7, 11) is 1.71. The van der Waals surface area contributed by atoms with Gasteiger partial charge in [-0.15, -0.1) is 0 Å². The zero-order valence-corrected chi connectivity index (χ0v) is 10.6. The van der Waals surface area contributed by atoms with Crippen LogP contribution in [0.5, 0.6) is 5.75 Å². The van der Waals surface area contributed by atoms with Gasteiger partial charge in [0, 0.05) is 25.3 Å². The number of para-hydroxylation sites is 1. The molecule has 1 fully saturated rings. The first-order valence-electron chi connectivity index (χ1n) is 6.25. The quantitative estimate of drug-likeness (QED) is 0.848. The predicted molar refractivity (Wildman–Crippen MR) is 68.2 cm³/mol. The lowest BCUT2D eigenvalue weighted by atomic mass is 10.0. The van der Waals surface area contributed by atoms with Crippen LogP contribution >= 0.6 is 0 Å². The number of methoxy groups -OCH3 is 1. The van der Waals surface area contributed by atoms with Gasteiger partial charge in [0.2, 0.25) is 0 Å². The van der Waals surface area contributed by atoms with Crippen LogP contribution in [-0.4, -0.2) is 26.4 Å². The Kier molecular flexibility index (Phi) is 4.40. The van der Waals surface area contributed by atoms with E-state index in [1.54, 1.807) is 7.11 Å². The average Bonchev–Trinajstić information content (AvgIpc) is 2.76. The minimum Gasteiger partial charge on any atom is -0.496 e. The van der Waals surface area contributed by atoms with Crippen molar-refractivity contribution in [2.75, 3.05) is 20.3 Å². The SMILES string of the molecule is COc1ccccc1CNCC1CCOC1C. The average molecular weight is 235 g/mol. The molecule has 0 spiro atoms. The summed E-state index contributed by atoms with van der Waals surface area (Å²) in [6.07, 6.45) is 1.56. The van der Waals surface area contributed by atoms with Crippen molar-refractivity contribution in [2.45, 2.75) is 26.0 Å². The molecule has 0 saturated carbocycles. The molecule has 3 nitrogen and oxygen atoms in total. The Morgan fingerprint density at radius 2 is 2.24 bits per heavy atom. The molecule has 94 valence electrons. The van der Waals surface area contributed by atoms with Crippen molar-refractivity contribution in [2.24, 2.45) is 5.92 Å². The van der Waals surface area contributed by atoms with E-state index >= 15 is 0 Å². The summed E-state index contributed by atoms with van der Waals surface area (Å²) in [6.45, 7) is 4.93. The molecule has 3 heteroatoms. The van der Waals surface area contributed by atoms with Gasteiger partial charge in [0.05, 0.1) is 13.2 Å². The molecule has 1 aliphatic heterocycles. The van der Waals surface area contributed by atoms with Gasteiger partial charge in [-0.05, 0) is 25.3 Å². The number of ether oxygens (including phenoxy) is 2. The van der Waals surface area contributed by atoms with E-state index < -0.39 is 0 Å². The van der Waals surface area contributed by atoms with Crippen LogP contribution in [0.25, 0.3) is 0 Å². The third kappa shape index (κ3) is 3.20. The third-order valence-electron chi connectivity index (χ3n) is 3.45. The second-order valence-corrected chi connectivity index (χ2v) is 4.57. The lowest BCUT2D eigenvalue weighted by molar-refractivity contribution is 0.105. The van der Waals surface area contributed by atoms with Crippen LogP contribution in [0.15, 0.2) is 24.3 Å². The van der Waals surface area contributed by atoms with Crippen molar-refractivity contribution in [3.8, 4) is 5.75 Å². The van der Waals surface area contributed by atoms with Crippen LogP contribution in [0, 0.1) is 5.92 Å². The molecule has 0 bridgehead atoms. The minimum atomic E-state index is 0.389. The van der Waals surface area contributed by atoms with Crippen molar-refractivity contribution < 1.29 is 9.47 Å². The smallest absolute Gasteiger partial charge is 0.123 e. The molecule has 2 unspecified atom stereocenters. The fourth-order valence-corrected chi connectivity index (χ4v) is 2.29. The van der Waals surface area contributed by atoms with Crippen LogP contribution in [0.4, 0.5) is 0 Å². The maximum atomic E-state index is 5.55. The van der Waals surface area contributed by atoms with Gasteiger partial charge in [-0.25, -0.2) is 0 Å². The van der Waals surface area contributed by atoms with E-state index in [1.807, 2.05) is 18.2 Å². The Morgan fingerprint density at radius 3 is 2.94 bits per heavy atom. The van der Waals surface area contributed by atoms with E-state index in [0.29, 0.717) is 12.0 Å². The van der Waals surface area contributed by atoms with Crippen molar-refractivity contribution in [1.82, 2.24) is 5.32 Å². The normalized spacial score (nSPS) is 23.9. The summed E-state index contributed by atoms with van der Waals surface area (Å²) in [5.74, 6) is 1.60. The highest BCUT2D eigenvalue weighted by Crippen LogP contribution is 2.20. The first-order valence-corrected chi connectivity index (χ1v) is 6.25. The van der Waals surface area contributed by atoms with Gasteiger partial charge in [-0.3, -0.25) is 0 Å². The lowest BCUT2D eigenvalue weighted by Crippen LogP contribution is -2.26. The maximum Gasteiger partial charge on any atom is 0.123 e. The molecule has 1 aromatic rings. The summed E-state index contributed by atoms with van der Waals surface area (Å²) in [6, 6.07) is 8.13. The lowest BCUT2D eigenvalue weighted by Gasteiger charge is -2.15. The second-order valence-electron chi connectivity index (χ2n) is 4.57. The number of rotatable bonds is 5. The van der Waals surface area contributed by atoms with Gasteiger partial charge >= 0.3 is 0 Å². The highest BCUT2D eigenvalue weighted by Gasteiger charge is 2.23. The molecular formula is C14H21NO2. The molecule has 2 atom stereocenters. The molecule has 1 N–H and O–H groups in total. The Hall–Kier alpha value is -1.06. The summed E-state index contributed by atoms with van der Waals surface area (Å²) in [5, 5.41) is 3.49. The van der Waals surface area contributed by atoms with E-state index in [0.717, 1.165) is 25.4 Å². The van der Waals surface area contributed by atoms with Crippen LogP contribution in [0.3, 0.4) is 0 Å². The van der Waals surface area contributed by atoms with Crippen molar-refractivity contribution in [3.63, 3.8) is 0 Å². The number of benzene rings is 1. The van der Waals surface area contributed by atoms with Crippen LogP contribution in [0.2, 0.25) is 0 Å². The summed E-state index contributed by atoms with van der Waals surface area (Å²) < 4.78 is 10.9. The minimum absolute atomic E-state index is 0.389. The molecule has 1 heterocycles. The molecule has 17 heavy (non-hydrogen) atoms. The maximum absolute atomic E-state index is 5.55. The summed E-state index contributed by atoms with van der Waals surface area (Å²) in [5.41, 5.74) is 1.21. The topological polar surface area (TPSA) is 30.5 Å². The Labute approximate surface area is 103 Å². The van der Waals surface area contributed by atoms with Gasteiger partial charge in [0.25, 0.3) is 0 Å². The van der Waals surface area contributed by atoms with Gasteiger partial charge < -0.3 is 14.8 Å². The molecule has 1 aliphatic rings. The first kappa shape index (κ1) is 12.4. The van der Waals surface area contributed by atoms with Crippen LogP contribution in [0.1, 0.15) is 18.9 Å². The molecule has 0 aliphatic carbocycles. The van der Waals surface area contributed by atoms with Gasteiger partial charge in [0.15, 0.2) is 0 Å². The zero-order chi connectivity index (χ0) is 12.1. The number of hydrogen-bond donors (Lipinski definition) is 1. The fraction of sp³-hybridized carbons (Fsp3) is 0.571. The van der Waals surface area contributed by atoms with E-state index in [-0.39, 0.29) is 0 Å². The summed E-state index contributed by atoms with van der Waals surface area (Å²) >= 11 is 0. The standard InChI is InChI=1S/C14H21NO2/c1-11-12(7-8-17-11)9-15-10-13-5-3-4-6-14(13)16-2/h3-6,11-12,15H,7-10H2,1-2H3. The predicted octanol–water partition coefficient (Wildman–Crippen LogP) is 2.21. The summed E-state index contributed by atoms with van der Waals surface area (Å²) in [4.78, 5) is 0. The van der Waals surface area contributed by atoms with Gasteiger partial charge in [-0.2, -0.15) is 0 Å². The Bertz CT molecular complexity index is 354. The molecule has 0 radical (unpaired) electrons. The zero-order valence-electron chi connectivity index (χ0n) is 10.6. The van der Waals surface area contributed by atoms with Crippen molar-refractivity contribution >= 4 is 0 Å². The monoisotopic (exact) mass is 235 g/mol. The van der Waals surface area contributed by atoms with E-state index in [9.17, 15) is 0 Å². The molecular weight excluding hydrogens is 214 g/mol. The first-order chi connectivity index (χ1) is 8.31. The van der Waals surface area contributed by atoms with E-state index in [4.69, 9.17) is 9.47 Å². The highest BCUT2D eigenvalue weighted by atomic mass is 16.5. The Morgan fingerprint density at radius 1 is 1.41 bits per heavy atom. The number of nitrogens with one attached hydrogen (secondary N) is 1. The van der Waals surface area contributed by atoms with Gasteiger partial charge in [-0.1, -0.05) is 18.2 Å². The third-order valence-corrected chi connectivity index (χ3v) is 3.45. The second kappa shape index (κ2) is 6.03. The molecule has 0 amide bonds. The molecule has 0 aromatic heterocycles. The van der Waals surface area contributed by atoms with Crippen LogP contribution in [-0.2, 0) is 11.3 Å². The van der Waals surface area contributed by atoms with Crippen LogP contribution < -0.4 is 10.1 Å². The number of hydrogen-bond acceptors (Lipinski definition) is 3.